The van der Waals surface area contributed by atoms with E-state index in [1.54, 1.807) is 18.2 Å². The number of rotatable bonds is 14. The van der Waals surface area contributed by atoms with Gasteiger partial charge >= 0.3 is 0 Å². The first kappa shape index (κ1) is 31.1. The Morgan fingerprint density at radius 2 is 0.972 bits per heavy atom. The average molecular weight is 503 g/mol. The van der Waals surface area contributed by atoms with Gasteiger partial charge in [0.2, 0.25) is 11.8 Å². The Balaban J connectivity index is 2.98. The molecule has 0 aliphatic heterocycles. The zero-order valence-electron chi connectivity index (χ0n) is 23.2. The van der Waals surface area contributed by atoms with Gasteiger partial charge in [-0.15, -0.1) is 0 Å². The lowest BCUT2D eigenvalue weighted by molar-refractivity contribution is -0.124. The monoisotopic (exact) mass is 502 g/mol. The van der Waals surface area contributed by atoms with Crippen molar-refractivity contribution in [3.05, 3.63) is 35.4 Å². The minimum absolute atomic E-state index is 0.206. The highest BCUT2D eigenvalue weighted by atomic mass is 16.2. The standard InChI is InChI=1S/C28H46N4O4/c1-17(2)12-23(27(35)29-15-19(5)6)31-25(33)21-10-9-11-22(14-21)26(34)32-24(13-18(3)4)28(36)30-16-20(7)8/h9-11,14,17-20,23-24H,12-13,15-16H2,1-8H3,(H,29,35)(H,30,36)(H,31,33)(H,32,34)/t23-,24-/m0/s1. The van der Waals surface area contributed by atoms with Gasteiger partial charge in [0.05, 0.1) is 0 Å². The maximum atomic E-state index is 13.0. The van der Waals surface area contributed by atoms with Crippen LogP contribution in [-0.4, -0.2) is 48.8 Å². The van der Waals surface area contributed by atoms with E-state index in [1.165, 1.54) is 6.07 Å². The molecule has 0 radical (unpaired) electrons. The van der Waals surface area contributed by atoms with Gasteiger partial charge in [-0.05, 0) is 54.7 Å². The molecule has 202 valence electrons. The zero-order valence-corrected chi connectivity index (χ0v) is 23.2. The minimum atomic E-state index is -0.672. The fourth-order valence-electron chi connectivity index (χ4n) is 3.55. The van der Waals surface area contributed by atoms with Crippen LogP contribution in [0.15, 0.2) is 24.3 Å². The Bertz CT molecular complexity index is 813. The molecule has 0 heterocycles. The van der Waals surface area contributed by atoms with Crippen LogP contribution in [0.5, 0.6) is 0 Å². The van der Waals surface area contributed by atoms with Gasteiger partial charge in [-0.1, -0.05) is 61.5 Å². The molecule has 1 aromatic carbocycles. The Morgan fingerprint density at radius 3 is 1.28 bits per heavy atom. The molecule has 2 atom stereocenters. The van der Waals surface area contributed by atoms with E-state index in [2.05, 4.69) is 21.3 Å². The molecular formula is C28H46N4O4. The van der Waals surface area contributed by atoms with Crippen molar-refractivity contribution < 1.29 is 19.2 Å². The highest BCUT2D eigenvalue weighted by molar-refractivity contribution is 6.02. The van der Waals surface area contributed by atoms with E-state index in [-0.39, 0.29) is 34.8 Å². The number of hydrogen-bond acceptors (Lipinski definition) is 4. The van der Waals surface area contributed by atoms with E-state index in [1.807, 2.05) is 55.4 Å². The summed E-state index contributed by atoms with van der Waals surface area (Å²) in [5, 5.41) is 11.4. The summed E-state index contributed by atoms with van der Waals surface area (Å²) in [6.45, 7) is 17.0. The van der Waals surface area contributed by atoms with Crippen LogP contribution in [0.25, 0.3) is 0 Å². The highest BCUT2D eigenvalue weighted by Crippen LogP contribution is 2.11. The number of amides is 4. The number of carbonyl (C=O) groups is 4. The third-order valence-electron chi connectivity index (χ3n) is 5.41. The molecule has 0 unspecified atom stereocenters. The zero-order chi connectivity index (χ0) is 27.4. The molecule has 0 aliphatic rings. The third-order valence-corrected chi connectivity index (χ3v) is 5.41. The van der Waals surface area contributed by atoms with E-state index in [9.17, 15) is 19.2 Å². The van der Waals surface area contributed by atoms with Gasteiger partial charge in [-0.25, -0.2) is 0 Å². The van der Waals surface area contributed by atoms with Crippen molar-refractivity contribution in [1.29, 1.82) is 0 Å². The fourth-order valence-corrected chi connectivity index (χ4v) is 3.55. The molecule has 4 amide bonds. The SMILES string of the molecule is CC(C)CNC(=O)[C@H](CC(C)C)NC(=O)c1cccc(C(=O)N[C@@H](CC(C)C)C(=O)NCC(C)C)c1. The summed E-state index contributed by atoms with van der Waals surface area (Å²) in [6, 6.07) is 4.97. The summed E-state index contributed by atoms with van der Waals surface area (Å²) in [5.74, 6) is -0.286. The highest BCUT2D eigenvalue weighted by Gasteiger charge is 2.25. The Hall–Kier alpha value is -2.90. The summed E-state index contributed by atoms with van der Waals surface area (Å²) in [7, 11) is 0. The van der Waals surface area contributed by atoms with Crippen LogP contribution in [0.4, 0.5) is 0 Å². The predicted octanol–water partition coefficient (Wildman–Crippen LogP) is 3.52. The maximum absolute atomic E-state index is 13.0. The van der Waals surface area contributed by atoms with Gasteiger partial charge in [0.15, 0.2) is 0 Å². The first-order chi connectivity index (χ1) is 16.8. The van der Waals surface area contributed by atoms with Crippen LogP contribution in [0.3, 0.4) is 0 Å². The third kappa shape index (κ3) is 11.7. The molecule has 0 spiro atoms. The first-order valence-electron chi connectivity index (χ1n) is 13.1. The molecule has 0 aromatic heterocycles. The van der Waals surface area contributed by atoms with Gasteiger partial charge < -0.3 is 21.3 Å². The van der Waals surface area contributed by atoms with Gasteiger partial charge in [-0.2, -0.15) is 0 Å². The predicted molar refractivity (Wildman–Crippen MR) is 144 cm³/mol. The average Bonchev–Trinajstić information content (AvgIpc) is 2.79. The normalized spacial score (nSPS) is 13.0. The maximum Gasteiger partial charge on any atom is 0.251 e. The van der Waals surface area contributed by atoms with Crippen molar-refractivity contribution in [2.24, 2.45) is 23.7 Å². The molecule has 0 saturated heterocycles. The fraction of sp³-hybridized carbons (Fsp3) is 0.643. The lowest BCUT2D eigenvalue weighted by Gasteiger charge is -2.22. The van der Waals surface area contributed by atoms with E-state index in [0.717, 1.165) is 0 Å². The van der Waals surface area contributed by atoms with Gasteiger partial charge in [-0.3, -0.25) is 19.2 Å². The summed E-state index contributed by atoms with van der Waals surface area (Å²) in [6.07, 6.45) is 0.996. The summed E-state index contributed by atoms with van der Waals surface area (Å²) >= 11 is 0. The lowest BCUT2D eigenvalue weighted by atomic mass is 10.0. The van der Waals surface area contributed by atoms with Crippen LogP contribution in [0.1, 0.15) is 88.9 Å². The van der Waals surface area contributed by atoms with Crippen LogP contribution in [0, 0.1) is 23.7 Å². The molecule has 1 rings (SSSR count). The van der Waals surface area contributed by atoms with Crippen molar-refractivity contribution in [2.45, 2.75) is 80.3 Å². The Kier molecular flexibility index (Phi) is 13.2. The number of carbonyl (C=O) groups excluding carboxylic acids is 4. The van der Waals surface area contributed by atoms with E-state index in [0.29, 0.717) is 37.8 Å². The summed E-state index contributed by atoms with van der Waals surface area (Å²) < 4.78 is 0. The van der Waals surface area contributed by atoms with Crippen molar-refractivity contribution in [3.63, 3.8) is 0 Å². The molecule has 8 nitrogen and oxygen atoms in total. The number of nitrogens with one attached hydrogen (secondary N) is 4. The number of hydrogen-bond donors (Lipinski definition) is 4. The Labute approximate surface area is 216 Å². The van der Waals surface area contributed by atoms with Gasteiger partial charge in [0.25, 0.3) is 11.8 Å². The molecule has 0 fully saturated rings. The molecule has 36 heavy (non-hydrogen) atoms. The quantitative estimate of drug-likeness (QED) is 0.311. The van der Waals surface area contributed by atoms with Crippen molar-refractivity contribution in [3.8, 4) is 0 Å². The molecule has 0 bridgehead atoms. The second-order valence-corrected chi connectivity index (χ2v) is 11.2. The second-order valence-electron chi connectivity index (χ2n) is 11.2. The largest absolute Gasteiger partial charge is 0.354 e. The van der Waals surface area contributed by atoms with E-state index >= 15 is 0 Å². The lowest BCUT2D eigenvalue weighted by Crippen LogP contribution is -2.48. The topological polar surface area (TPSA) is 116 Å². The Morgan fingerprint density at radius 1 is 0.611 bits per heavy atom. The minimum Gasteiger partial charge on any atom is -0.354 e. The molecular weight excluding hydrogens is 456 g/mol. The second kappa shape index (κ2) is 15.3. The van der Waals surface area contributed by atoms with Gasteiger partial charge in [0.1, 0.15) is 12.1 Å². The molecule has 4 N–H and O–H groups in total. The van der Waals surface area contributed by atoms with Crippen LogP contribution < -0.4 is 21.3 Å². The van der Waals surface area contributed by atoms with Gasteiger partial charge in [0, 0.05) is 24.2 Å². The van der Waals surface area contributed by atoms with Crippen molar-refractivity contribution in [2.75, 3.05) is 13.1 Å². The molecule has 1 aromatic rings. The van der Waals surface area contributed by atoms with Crippen LogP contribution in [-0.2, 0) is 9.59 Å². The summed E-state index contributed by atoms with van der Waals surface area (Å²) in [5.41, 5.74) is 0.551. The van der Waals surface area contributed by atoms with Crippen LogP contribution in [0.2, 0.25) is 0 Å². The molecule has 0 saturated carbocycles. The molecule has 8 heteroatoms. The van der Waals surface area contributed by atoms with Crippen molar-refractivity contribution in [1.82, 2.24) is 21.3 Å². The number of benzene rings is 1. The smallest absolute Gasteiger partial charge is 0.251 e. The summed E-state index contributed by atoms with van der Waals surface area (Å²) in [4.78, 5) is 51.3. The molecule has 0 aliphatic carbocycles. The van der Waals surface area contributed by atoms with Crippen molar-refractivity contribution >= 4 is 23.6 Å². The van der Waals surface area contributed by atoms with E-state index < -0.39 is 23.9 Å². The van der Waals surface area contributed by atoms with E-state index in [4.69, 9.17) is 0 Å². The van der Waals surface area contributed by atoms with Crippen LogP contribution >= 0.6 is 0 Å². The first-order valence-corrected chi connectivity index (χ1v) is 13.1.